The molecular weight excluding hydrogens is 152 g/mol. The van der Waals surface area contributed by atoms with Gasteiger partial charge in [0, 0.05) is 0 Å². The van der Waals surface area contributed by atoms with Gasteiger partial charge in [-0.15, -0.1) is 0 Å². The largest absolute Gasteiger partial charge is 0.385 e. The van der Waals surface area contributed by atoms with Crippen LogP contribution in [-0.4, -0.2) is 17.3 Å². The SMILES string of the molecule is C=C(C#N)C(O)C1C=CC=CN1. The number of nitrogens with zero attached hydrogens (tertiary/aromatic N) is 1. The van der Waals surface area contributed by atoms with Crippen molar-refractivity contribution in [3.8, 4) is 6.07 Å². The Hall–Kier alpha value is -1.53. The molecule has 2 N–H and O–H groups in total. The van der Waals surface area contributed by atoms with Gasteiger partial charge >= 0.3 is 0 Å². The predicted octanol–water partition coefficient (Wildman–Crippen LogP) is 0.469. The molecule has 1 aliphatic heterocycles. The number of allylic oxidation sites excluding steroid dienone is 2. The van der Waals surface area contributed by atoms with Crippen molar-refractivity contribution < 1.29 is 5.11 Å². The van der Waals surface area contributed by atoms with Crippen LogP contribution in [0.2, 0.25) is 0 Å². The van der Waals surface area contributed by atoms with E-state index in [0.29, 0.717) is 0 Å². The van der Waals surface area contributed by atoms with Gasteiger partial charge in [-0.3, -0.25) is 0 Å². The minimum absolute atomic E-state index is 0.174. The number of dihydropyridines is 1. The van der Waals surface area contributed by atoms with Gasteiger partial charge in [0.05, 0.1) is 17.7 Å². The lowest BCUT2D eigenvalue weighted by molar-refractivity contribution is 0.190. The van der Waals surface area contributed by atoms with Crippen molar-refractivity contribution in [2.24, 2.45) is 0 Å². The van der Waals surface area contributed by atoms with Crippen molar-refractivity contribution in [2.75, 3.05) is 0 Å². The molecule has 3 nitrogen and oxygen atoms in total. The third-order valence-electron chi connectivity index (χ3n) is 1.66. The van der Waals surface area contributed by atoms with Crippen LogP contribution in [0.25, 0.3) is 0 Å². The highest BCUT2D eigenvalue weighted by Gasteiger charge is 2.18. The third-order valence-corrected chi connectivity index (χ3v) is 1.66. The number of hydrogen-bond donors (Lipinski definition) is 2. The molecule has 0 bridgehead atoms. The first-order valence-electron chi connectivity index (χ1n) is 3.62. The van der Waals surface area contributed by atoms with Crippen LogP contribution >= 0.6 is 0 Å². The molecule has 0 spiro atoms. The quantitative estimate of drug-likeness (QED) is 0.580. The second-order valence-electron chi connectivity index (χ2n) is 2.52. The maximum Gasteiger partial charge on any atom is 0.112 e. The summed E-state index contributed by atoms with van der Waals surface area (Å²) in [7, 11) is 0. The fourth-order valence-corrected chi connectivity index (χ4v) is 0.941. The standard InChI is InChI=1S/C9H10N2O/c1-7(6-10)9(12)8-4-2-3-5-11-8/h2-5,8-9,11-12H,1H2. The van der Waals surface area contributed by atoms with Crippen LogP contribution in [0.5, 0.6) is 0 Å². The van der Waals surface area contributed by atoms with E-state index in [1.807, 2.05) is 18.2 Å². The van der Waals surface area contributed by atoms with Crippen molar-refractivity contribution in [1.82, 2.24) is 5.32 Å². The van der Waals surface area contributed by atoms with Crippen molar-refractivity contribution in [3.05, 3.63) is 36.6 Å². The van der Waals surface area contributed by atoms with Gasteiger partial charge in [0.25, 0.3) is 0 Å². The Morgan fingerprint density at radius 1 is 1.67 bits per heavy atom. The van der Waals surface area contributed by atoms with Crippen LogP contribution in [0.3, 0.4) is 0 Å². The Morgan fingerprint density at radius 2 is 2.42 bits per heavy atom. The lowest BCUT2D eigenvalue weighted by atomic mass is 10.0. The summed E-state index contributed by atoms with van der Waals surface area (Å²) in [4.78, 5) is 0. The van der Waals surface area contributed by atoms with Crippen LogP contribution in [-0.2, 0) is 0 Å². The van der Waals surface area contributed by atoms with Crippen molar-refractivity contribution in [2.45, 2.75) is 12.1 Å². The van der Waals surface area contributed by atoms with Gasteiger partial charge in [0.1, 0.15) is 6.10 Å². The topological polar surface area (TPSA) is 56.0 Å². The third kappa shape index (κ3) is 1.74. The van der Waals surface area contributed by atoms with Crippen molar-refractivity contribution >= 4 is 0 Å². The molecule has 0 aromatic carbocycles. The van der Waals surface area contributed by atoms with Crippen LogP contribution in [0.1, 0.15) is 0 Å². The molecule has 2 atom stereocenters. The molecule has 12 heavy (non-hydrogen) atoms. The first kappa shape index (κ1) is 8.57. The Kier molecular flexibility index (Phi) is 2.67. The number of rotatable bonds is 2. The summed E-state index contributed by atoms with van der Waals surface area (Å²) in [5, 5.41) is 20.8. The maximum atomic E-state index is 9.47. The second kappa shape index (κ2) is 3.74. The lowest BCUT2D eigenvalue weighted by Crippen LogP contribution is -2.37. The number of aliphatic hydroxyl groups is 1. The van der Waals surface area contributed by atoms with Crippen LogP contribution in [0.4, 0.5) is 0 Å². The first-order chi connectivity index (χ1) is 5.75. The molecule has 3 heteroatoms. The molecule has 1 aliphatic rings. The predicted molar refractivity (Wildman–Crippen MR) is 46.0 cm³/mol. The van der Waals surface area contributed by atoms with Crippen molar-refractivity contribution in [1.29, 1.82) is 5.26 Å². The van der Waals surface area contributed by atoms with E-state index in [1.54, 1.807) is 12.3 Å². The summed E-state index contributed by atoms with van der Waals surface area (Å²) in [6.07, 6.45) is 6.30. The van der Waals surface area contributed by atoms with Crippen LogP contribution in [0, 0.1) is 11.3 Å². The molecular formula is C9H10N2O. The van der Waals surface area contributed by atoms with E-state index in [1.165, 1.54) is 0 Å². The molecule has 1 heterocycles. The number of nitriles is 1. The van der Waals surface area contributed by atoms with Gasteiger partial charge in [-0.25, -0.2) is 0 Å². The summed E-state index contributed by atoms with van der Waals surface area (Å²) < 4.78 is 0. The molecule has 0 fully saturated rings. The Morgan fingerprint density at radius 3 is 2.92 bits per heavy atom. The molecule has 0 radical (unpaired) electrons. The average Bonchev–Trinajstić information content (AvgIpc) is 2.17. The highest BCUT2D eigenvalue weighted by Crippen LogP contribution is 2.07. The van der Waals surface area contributed by atoms with Crippen molar-refractivity contribution in [3.63, 3.8) is 0 Å². The second-order valence-corrected chi connectivity index (χ2v) is 2.52. The number of nitrogens with one attached hydrogen (secondary N) is 1. The Labute approximate surface area is 71.3 Å². The molecule has 0 saturated carbocycles. The van der Waals surface area contributed by atoms with E-state index in [-0.39, 0.29) is 11.6 Å². The fraction of sp³-hybridized carbons (Fsp3) is 0.222. The van der Waals surface area contributed by atoms with E-state index < -0.39 is 6.10 Å². The zero-order valence-electron chi connectivity index (χ0n) is 6.57. The van der Waals surface area contributed by atoms with Crippen LogP contribution < -0.4 is 5.32 Å². The van der Waals surface area contributed by atoms with Gasteiger partial charge in [-0.2, -0.15) is 5.26 Å². The molecule has 0 amide bonds. The maximum absolute atomic E-state index is 9.47. The highest BCUT2D eigenvalue weighted by atomic mass is 16.3. The summed E-state index contributed by atoms with van der Waals surface area (Å²) in [6.45, 7) is 3.44. The lowest BCUT2D eigenvalue weighted by Gasteiger charge is -2.20. The Bertz CT molecular complexity index is 273. The monoisotopic (exact) mass is 162 g/mol. The summed E-state index contributed by atoms with van der Waals surface area (Å²) in [5.41, 5.74) is 0.174. The minimum atomic E-state index is -0.837. The van der Waals surface area contributed by atoms with E-state index >= 15 is 0 Å². The smallest absolute Gasteiger partial charge is 0.112 e. The molecule has 0 aromatic rings. The Balaban J connectivity index is 2.60. The van der Waals surface area contributed by atoms with Gasteiger partial charge in [0.2, 0.25) is 0 Å². The minimum Gasteiger partial charge on any atom is -0.385 e. The molecule has 62 valence electrons. The average molecular weight is 162 g/mol. The molecule has 0 aliphatic carbocycles. The van der Waals surface area contributed by atoms with E-state index in [4.69, 9.17) is 5.26 Å². The van der Waals surface area contributed by atoms with Gasteiger partial charge in [0.15, 0.2) is 0 Å². The van der Waals surface area contributed by atoms with Gasteiger partial charge in [-0.1, -0.05) is 18.7 Å². The normalized spacial score (nSPS) is 22.5. The van der Waals surface area contributed by atoms with E-state index in [0.717, 1.165) is 0 Å². The molecule has 2 unspecified atom stereocenters. The summed E-state index contributed by atoms with van der Waals surface area (Å²) in [6, 6.07) is 1.59. The van der Waals surface area contributed by atoms with Gasteiger partial charge in [-0.05, 0) is 12.3 Å². The number of hydrogen-bond acceptors (Lipinski definition) is 3. The van der Waals surface area contributed by atoms with E-state index in [2.05, 4.69) is 11.9 Å². The summed E-state index contributed by atoms with van der Waals surface area (Å²) >= 11 is 0. The fourth-order valence-electron chi connectivity index (χ4n) is 0.941. The highest BCUT2D eigenvalue weighted by molar-refractivity contribution is 5.27. The van der Waals surface area contributed by atoms with Crippen LogP contribution in [0.15, 0.2) is 36.6 Å². The zero-order valence-corrected chi connectivity index (χ0v) is 6.57. The zero-order chi connectivity index (χ0) is 8.97. The van der Waals surface area contributed by atoms with E-state index in [9.17, 15) is 5.11 Å². The molecule has 0 saturated heterocycles. The number of aliphatic hydroxyl groups excluding tert-OH is 1. The van der Waals surface area contributed by atoms with Gasteiger partial charge < -0.3 is 10.4 Å². The molecule has 1 rings (SSSR count). The molecule has 0 aromatic heterocycles. The summed E-state index contributed by atoms with van der Waals surface area (Å²) in [5.74, 6) is 0. The first-order valence-corrected chi connectivity index (χ1v) is 3.62.